The van der Waals surface area contributed by atoms with E-state index in [0.717, 1.165) is 24.2 Å². The number of amides is 1. The second-order valence-corrected chi connectivity index (χ2v) is 4.35. The van der Waals surface area contributed by atoms with Crippen LogP contribution in [0.2, 0.25) is 5.28 Å². The molecule has 0 saturated heterocycles. The third kappa shape index (κ3) is 1.32. The summed E-state index contributed by atoms with van der Waals surface area (Å²) in [5.74, 6) is 0.857. The lowest BCUT2D eigenvalue weighted by Gasteiger charge is -2.34. The van der Waals surface area contributed by atoms with E-state index in [4.69, 9.17) is 11.6 Å². The van der Waals surface area contributed by atoms with E-state index in [2.05, 4.69) is 9.97 Å². The third-order valence-corrected chi connectivity index (χ3v) is 3.27. The Morgan fingerprint density at radius 3 is 2.93 bits per heavy atom. The predicted molar refractivity (Wildman–Crippen MR) is 55.9 cm³/mol. The SMILES string of the molecule is O=C1Cc2cnc(Cl)nc2N1C1CCC1. The van der Waals surface area contributed by atoms with Gasteiger partial charge >= 0.3 is 0 Å². The lowest BCUT2D eigenvalue weighted by Crippen LogP contribution is -2.42. The van der Waals surface area contributed by atoms with E-state index < -0.39 is 0 Å². The van der Waals surface area contributed by atoms with E-state index >= 15 is 0 Å². The van der Waals surface area contributed by atoms with Gasteiger partial charge in [0.05, 0.1) is 6.42 Å². The van der Waals surface area contributed by atoms with Gasteiger partial charge in [-0.15, -0.1) is 0 Å². The quantitative estimate of drug-likeness (QED) is 0.679. The van der Waals surface area contributed by atoms with Crippen molar-refractivity contribution < 1.29 is 4.79 Å². The third-order valence-electron chi connectivity index (χ3n) is 3.09. The summed E-state index contributed by atoms with van der Waals surface area (Å²) in [6, 6.07) is 0.338. The first kappa shape index (κ1) is 9.09. The summed E-state index contributed by atoms with van der Waals surface area (Å²) in [5, 5.41) is 0.216. The average Bonchev–Trinajstić information content (AvgIpc) is 2.42. The van der Waals surface area contributed by atoms with Gasteiger partial charge in [-0.1, -0.05) is 0 Å². The Labute approximate surface area is 92.3 Å². The van der Waals surface area contributed by atoms with Crippen molar-refractivity contribution >= 4 is 23.3 Å². The minimum Gasteiger partial charge on any atom is -0.293 e. The molecule has 2 aliphatic rings. The van der Waals surface area contributed by atoms with Crippen LogP contribution in [0, 0.1) is 0 Å². The van der Waals surface area contributed by atoms with Crippen LogP contribution in [0.3, 0.4) is 0 Å². The van der Waals surface area contributed by atoms with Crippen molar-refractivity contribution in [3.63, 3.8) is 0 Å². The van der Waals surface area contributed by atoms with Crippen molar-refractivity contribution in [1.29, 1.82) is 0 Å². The molecule has 4 nitrogen and oxygen atoms in total. The number of fused-ring (bicyclic) bond motifs is 1. The van der Waals surface area contributed by atoms with Crippen molar-refractivity contribution in [3.05, 3.63) is 17.0 Å². The van der Waals surface area contributed by atoms with Crippen molar-refractivity contribution in [3.8, 4) is 0 Å². The largest absolute Gasteiger partial charge is 0.293 e. The van der Waals surface area contributed by atoms with Crippen molar-refractivity contribution in [2.45, 2.75) is 31.7 Å². The first-order valence-electron chi connectivity index (χ1n) is 5.09. The molecule has 0 spiro atoms. The van der Waals surface area contributed by atoms with Gasteiger partial charge in [0, 0.05) is 17.8 Å². The summed E-state index contributed by atoms with van der Waals surface area (Å²) < 4.78 is 0. The van der Waals surface area contributed by atoms with Crippen molar-refractivity contribution in [2.24, 2.45) is 0 Å². The number of carbonyl (C=O) groups is 1. The monoisotopic (exact) mass is 223 g/mol. The molecule has 1 aromatic heterocycles. The molecule has 3 rings (SSSR count). The van der Waals surface area contributed by atoms with Gasteiger partial charge < -0.3 is 0 Å². The minimum atomic E-state index is 0.131. The molecule has 1 aliphatic carbocycles. The molecule has 0 N–H and O–H groups in total. The summed E-state index contributed by atoms with van der Waals surface area (Å²) in [6.07, 6.45) is 5.42. The van der Waals surface area contributed by atoms with Crippen LogP contribution in [0.5, 0.6) is 0 Å². The first-order valence-corrected chi connectivity index (χ1v) is 5.47. The molecule has 1 saturated carbocycles. The zero-order valence-corrected chi connectivity index (χ0v) is 8.87. The number of halogens is 1. The lowest BCUT2D eigenvalue weighted by atomic mass is 9.92. The number of carbonyl (C=O) groups excluding carboxylic acids is 1. The highest BCUT2D eigenvalue weighted by molar-refractivity contribution is 6.28. The van der Waals surface area contributed by atoms with E-state index in [0.29, 0.717) is 12.5 Å². The van der Waals surface area contributed by atoms with E-state index in [1.54, 1.807) is 11.1 Å². The van der Waals surface area contributed by atoms with Gasteiger partial charge in [-0.3, -0.25) is 9.69 Å². The summed E-state index contributed by atoms with van der Waals surface area (Å²) in [4.78, 5) is 21.6. The number of hydrogen-bond acceptors (Lipinski definition) is 3. The molecule has 1 aliphatic heterocycles. The summed E-state index contributed by atoms with van der Waals surface area (Å²) >= 11 is 5.74. The number of hydrogen-bond donors (Lipinski definition) is 0. The number of aromatic nitrogens is 2. The van der Waals surface area contributed by atoms with Gasteiger partial charge in [-0.25, -0.2) is 4.98 Å². The van der Waals surface area contributed by atoms with E-state index in [1.807, 2.05) is 0 Å². The van der Waals surface area contributed by atoms with Gasteiger partial charge in [0.25, 0.3) is 0 Å². The highest BCUT2D eigenvalue weighted by atomic mass is 35.5. The zero-order valence-electron chi connectivity index (χ0n) is 8.11. The molecule has 0 unspecified atom stereocenters. The molecule has 0 radical (unpaired) electrons. The van der Waals surface area contributed by atoms with E-state index in [9.17, 15) is 4.79 Å². The molecule has 1 aromatic rings. The van der Waals surface area contributed by atoms with Crippen molar-refractivity contribution in [1.82, 2.24) is 9.97 Å². The Bertz CT molecular complexity index is 431. The van der Waals surface area contributed by atoms with Gasteiger partial charge in [0.15, 0.2) is 0 Å². The first-order chi connectivity index (χ1) is 7.25. The van der Waals surface area contributed by atoms with Crippen molar-refractivity contribution in [2.75, 3.05) is 4.90 Å². The Kier molecular flexibility index (Phi) is 1.92. The Morgan fingerprint density at radius 2 is 2.27 bits per heavy atom. The van der Waals surface area contributed by atoms with Gasteiger partial charge in [0.2, 0.25) is 11.2 Å². The number of anilines is 1. The lowest BCUT2D eigenvalue weighted by molar-refractivity contribution is -0.118. The van der Waals surface area contributed by atoms with Crippen LogP contribution >= 0.6 is 11.6 Å². The Hall–Kier alpha value is -1.16. The summed E-state index contributed by atoms with van der Waals surface area (Å²) in [5.41, 5.74) is 0.899. The molecule has 0 bridgehead atoms. The number of nitrogens with zero attached hydrogens (tertiary/aromatic N) is 3. The average molecular weight is 224 g/mol. The van der Waals surface area contributed by atoms with Crippen LogP contribution in [0.4, 0.5) is 5.82 Å². The normalized spacial score (nSPS) is 20.3. The molecular weight excluding hydrogens is 214 g/mol. The molecule has 78 valence electrons. The standard InChI is InChI=1S/C10H10ClN3O/c11-10-12-5-6-4-8(15)14(9(6)13-10)7-2-1-3-7/h5,7H,1-4H2. The topological polar surface area (TPSA) is 46.1 Å². The highest BCUT2D eigenvalue weighted by Crippen LogP contribution is 2.35. The minimum absolute atomic E-state index is 0.131. The Balaban J connectivity index is 2.03. The maximum atomic E-state index is 11.8. The highest BCUT2D eigenvalue weighted by Gasteiger charge is 2.37. The van der Waals surface area contributed by atoms with Crippen LogP contribution in [-0.2, 0) is 11.2 Å². The van der Waals surface area contributed by atoms with Crippen LogP contribution in [0.1, 0.15) is 24.8 Å². The Morgan fingerprint density at radius 1 is 1.47 bits per heavy atom. The molecule has 1 amide bonds. The maximum Gasteiger partial charge on any atom is 0.233 e. The van der Waals surface area contributed by atoms with Crippen LogP contribution < -0.4 is 4.90 Å². The second kappa shape index (κ2) is 3.17. The second-order valence-electron chi connectivity index (χ2n) is 4.01. The summed E-state index contributed by atoms with van der Waals surface area (Å²) in [6.45, 7) is 0. The molecule has 2 heterocycles. The van der Waals surface area contributed by atoms with Crippen LogP contribution in [-0.4, -0.2) is 21.9 Å². The fraction of sp³-hybridized carbons (Fsp3) is 0.500. The van der Waals surface area contributed by atoms with Gasteiger partial charge in [-0.2, -0.15) is 4.98 Å². The molecule has 0 aromatic carbocycles. The van der Waals surface area contributed by atoms with Crippen LogP contribution in [0.15, 0.2) is 6.20 Å². The fourth-order valence-electron chi connectivity index (χ4n) is 2.10. The fourth-order valence-corrected chi connectivity index (χ4v) is 2.23. The molecule has 5 heteroatoms. The molecule has 15 heavy (non-hydrogen) atoms. The summed E-state index contributed by atoms with van der Waals surface area (Å²) in [7, 11) is 0. The zero-order chi connectivity index (χ0) is 10.4. The van der Waals surface area contributed by atoms with Gasteiger partial charge in [-0.05, 0) is 30.9 Å². The molecule has 0 atom stereocenters. The van der Waals surface area contributed by atoms with Gasteiger partial charge in [0.1, 0.15) is 5.82 Å². The predicted octanol–water partition coefficient (Wildman–Crippen LogP) is 1.57. The van der Waals surface area contributed by atoms with E-state index in [1.165, 1.54) is 6.42 Å². The smallest absolute Gasteiger partial charge is 0.233 e. The van der Waals surface area contributed by atoms with E-state index in [-0.39, 0.29) is 11.2 Å². The maximum absolute atomic E-state index is 11.8. The van der Waals surface area contributed by atoms with Crippen LogP contribution in [0.25, 0.3) is 0 Å². The number of rotatable bonds is 1. The molecule has 1 fully saturated rings. The molecular formula is C10H10ClN3O.